The van der Waals surface area contributed by atoms with Gasteiger partial charge < -0.3 is 29.8 Å². The second-order valence-corrected chi connectivity index (χ2v) is 15.9. The molecule has 2 aromatic carbocycles. The Morgan fingerprint density at radius 1 is 0.915 bits per heavy atom. The maximum absolute atomic E-state index is 14.1. The highest BCUT2D eigenvalue weighted by atomic mass is 32.2. The van der Waals surface area contributed by atoms with Crippen molar-refractivity contribution in [1.82, 2.24) is 19.6 Å². The number of piperidine rings is 1. The monoisotopic (exact) mass is 660 g/mol. The quantitative estimate of drug-likeness (QED) is 0.393. The SMILES string of the molecule is CCN1CCN(c2ccccc2C2SC(CC(=O)N3CCC(N4CCc5ccccc5NC4=O)CC3)C(=O)N2CCC(C)(C)C)CC1. The average Bonchev–Trinajstić information content (AvgIpc) is 3.27. The first-order valence-corrected chi connectivity index (χ1v) is 18.5. The molecule has 0 radical (unpaired) electrons. The highest BCUT2D eigenvalue weighted by Crippen LogP contribution is 2.48. The molecule has 3 fully saturated rings. The number of piperazine rings is 1. The smallest absolute Gasteiger partial charge is 0.322 e. The number of fused-ring (bicyclic) bond motifs is 1. The summed E-state index contributed by atoms with van der Waals surface area (Å²) in [4.78, 5) is 51.8. The zero-order chi connectivity index (χ0) is 33.1. The summed E-state index contributed by atoms with van der Waals surface area (Å²) in [5, 5.41) is 2.57. The van der Waals surface area contributed by atoms with Crippen molar-refractivity contribution in [2.45, 2.75) is 76.5 Å². The van der Waals surface area contributed by atoms with Crippen molar-refractivity contribution in [1.29, 1.82) is 0 Å². The number of anilines is 2. The van der Waals surface area contributed by atoms with Crippen LogP contribution in [0.5, 0.6) is 0 Å². The second-order valence-electron chi connectivity index (χ2n) is 14.6. The van der Waals surface area contributed by atoms with Crippen molar-refractivity contribution >= 4 is 41.0 Å². The van der Waals surface area contributed by atoms with E-state index < -0.39 is 5.25 Å². The fourth-order valence-electron chi connectivity index (χ4n) is 7.39. The van der Waals surface area contributed by atoms with Gasteiger partial charge in [0.05, 0.1) is 5.25 Å². The summed E-state index contributed by atoms with van der Waals surface area (Å²) >= 11 is 1.66. The number of benzene rings is 2. The molecule has 0 spiro atoms. The van der Waals surface area contributed by atoms with E-state index in [1.807, 2.05) is 28.0 Å². The van der Waals surface area contributed by atoms with Gasteiger partial charge in [-0.25, -0.2) is 4.79 Å². The zero-order valence-corrected chi connectivity index (χ0v) is 29.4. The lowest BCUT2D eigenvalue weighted by Crippen LogP contribution is -2.50. The molecule has 2 unspecified atom stereocenters. The molecule has 4 heterocycles. The second kappa shape index (κ2) is 14.5. The molecular formula is C37H52N6O3S. The van der Waals surface area contributed by atoms with E-state index in [9.17, 15) is 14.4 Å². The van der Waals surface area contributed by atoms with Crippen LogP contribution in [0.4, 0.5) is 16.2 Å². The number of carbonyl (C=O) groups excluding carboxylic acids is 3. The van der Waals surface area contributed by atoms with Crippen LogP contribution in [-0.4, -0.2) is 108 Å². The van der Waals surface area contributed by atoms with Gasteiger partial charge in [0.25, 0.3) is 0 Å². The molecule has 0 bridgehead atoms. The van der Waals surface area contributed by atoms with Crippen molar-refractivity contribution in [3.8, 4) is 0 Å². The molecule has 4 aliphatic heterocycles. The van der Waals surface area contributed by atoms with Crippen molar-refractivity contribution < 1.29 is 14.4 Å². The third kappa shape index (κ3) is 7.75. The average molecular weight is 661 g/mol. The van der Waals surface area contributed by atoms with Crippen LogP contribution in [0.2, 0.25) is 0 Å². The van der Waals surface area contributed by atoms with Crippen LogP contribution in [0.15, 0.2) is 48.5 Å². The number of rotatable bonds is 8. The van der Waals surface area contributed by atoms with Crippen LogP contribution in [0.1, 0.15) is 69.9 Å². The molecule has 2 aromatic rings. The first kappa shape index (κ1) is 33.7. The largest absolute Gasteiger partial charge is 0.369 e. The normalized spacial score (nSPS) is 23.1. The van der Waals surface area contributed by atoms with Gasteiger partial charge in [0.1, 0.15) is 5.37 Å². The van der Waals surface area contributed by atoms with Gasteiger partial charge >= 0.3 is 6.03 Å². The first-order chi connectivity index (χ1) is 22.6. The van der Waals surface area contributed by atoms with Gasteiger partial charge in [-0.3, -0.25) is 9.59 Å². The van der Waals surface area contributed by atoms with Crippen LogP contribution in [-0.2, 0) is 16.0 Å². The molecule has 1 N–H and O–H groups in total. The van der Waals surface area contributed by atoms with Crippen LogP contribution >= 0.6 is 11.8 Å². The molecular weight excluding hydrogens is 609 g/mol. The maximum Gasteiger partial charge on any atom is 0.322 e. The minimum atomic E-state index is -0.398. The number of carbonyl (C=O) groups is 3. The minimum absolute atomic E-state index is 0.0439. The fraction of sp³-hybridized carbons (Fsp3) is 0.595. The number of thioether (sulfide) groups is 1. The third-order valence-electron chi connectivity index (χ3n) is 10.4. The Kier molecular flexibility index (Phi) is 10.4. The Morgan fingerprint density at radius 3 is 2.34 bits per heavy atom. The molecule has 4 amide bonds. The van der Waals surface area contributed by atoms with Gasteiger partial charge in [-0.1, -0.05) is 64.1 Å². The lowest BCUT2D eigenvalue weighted by Gasteiger charge is -2.38. The van der Waals surface area contributed by atoms with Crippen LogP contribution in [0.25, 0.3) is 0 Å². The van der Waals surface area contributed by atoms with Gasteiger partial charge in [0.15, 0.2) is 0 Å². The van der Waals surface area contributed by atoms with E-state index in [0.29, 0.717) is 26.2 Å². The Morgan fingerprint density at radius 2 is 1.62 bits per heavy atom. The molecule has 47 heavy (non-hydrogen) atoms. The minimum Gasteiger partial charge on any atom is -0.369 e. The number of likely N-dealkylation sites (tertiary alicyclic amines) is 1. The van der Waals surface area contributed by atoms with Gasteiger partial charge in [-0.15, -0.1) is 11.8 Å². The van der Waals surface area contributed by atoms with Gasteiger partial charge in [-0.05, 0) is 55.3 Å². The molecule has 0 aliphatic carbocycles. The van der Waals surface area contributed by atoms with E-state index in [1.54, 1.807) is 11.8 Å². The molecule has 4 aliphatic rings. The lowest BCUT2D eigenvalue weighted by atomic mass is 9.92. The fourth-order valence-corrected chi connectivity index (χ4v) is 8.89. The van der Waals surface area contributed by atoms with Crippen molar-refractivity contribution in [2.75, 3.05) is 69.1 Å². The molecule has 254 valence electrons. The number of para-hydroxylation sites is 2. The van der Waals surface area contributed by atoms with Crippen LogP contribution in [0.3, 0.4) is 0 Å². The first-order valence-electron chi connectivity index (χ1n) is 17.6. The van der Waals surface area contributed by atoms with E-state index in [4.69, 9.17) is 0 Å². The summed E-state index contributed by atoms with van der Waals surface area (Å²) in [6, 6.07) is 16.6. The lowest BCUT2D eigenvalue weighted by molar-refractivity contribution is -0.137. The molecule has 0 saturated carbocycles. The summed E-state index contributed by atoms with van der Waals surface area (Å²) in [6.45, 7) is 16.5. The van der Waals surface area contributed by atoms with E-state index in [1.165, 1.54) is 11.3 Å². The number of nitrogens with zero attached hydrogens (tertiary/aromatic N) is 5. The third-order valence-corrected chi connectivity index (χ3v) is 11.8. The number of amides is 4. The summed E-state index contributed by atoms with van der Waals surface area (Å²) in [6.07, 6.45) is 3.44. The van der Waals surface area contributed by atoms with Crippen molar-refractivity contribution in [3.63, 3.8) is 0 Å². The highest BCUT2D eigenvalue weighted by Gasteiger charge is 2.44. The summed E-state index contributed by atoms with van der Waals surface area (Å²) in [7, 11) is 0. The zero-order valence-electron chi connectivity index (χ0n) is 28.6. The number of likely N-dealkylation sites (N-methyl/N-ethyl adjacent to an activating group) is 1. The van der Waals surface area contributed by atoms with Gasteiger partial charge in [0, 0.05) is 81.8 Å². The molecule has 6 rings (SSSR count). The number of nitrogens with one attached hydrogen (secondary N) is 1. The van der Waals surface area contributed by atoms with E-state index in [-0.39, 0.29) is 41.1 Å². The van der Waals surface area contributed by atoms with Crippen LogP contribution in [0, 0.1) is 5.41 Å². The highest BCUT2D eigenvalue weighted by molar-refractivity contribution is 8.01. The van der Waals surface area contributed by atoms with Crippen molar-refractivity contribution in [3.05, 3.63) is 59.7 Å². The van der Waals surface area contributed by atoms with Crippen molar-refractivity contribution in [2.24, 2.45) is 5.41 Å². The Balaban J connectivity index is 1.11. The maximum atomic E-state index is 14.1. The van der Waals surface area contributed by atoms with Gasteiger partial charge in [-0.2, -0.15) is 0 Å². The molecule has 10 heteroatoms. The molecule has 0 aromatic heterocycles. The summed E-state index contributed by atoms with van der Waals surface area (Å²) in [5.41, 5.74) is 4.54. The van der Waals surface area contributed by atoms with E-state index in [0.717, 1.165) is 69.7 Å². The van der Waals surface area contributed by atoms with Gasteiger partial charge in [0.2, 0.25) is 11.8 Å². The van der Waals surface area contributed by atoms with Crippen LogP contribution < -0.4 is 10.2 Å². The van der Waals surface area contributed by atoms with E-state index >= 15 is 0 Å². The number of urea groups is 1. The summed E-state index contributed by atoms with van der Waals surface area (Å²) in [5.74, 6) is 0.126. The van der Waals surface area contributed by atoms with E-state index in [2.05, 4.69) is 78.0 Å². The molecule has 2 atom stereocenters. The number of hydrogen-bond acceptors (Lipinski definition) is 6. The Hall–Kier alpha value is -3.24. The Bertz CT molecular complexity index is 1430. The Labute approximate surface area is 285 Å². The molecule has 9 nitrogen and oxygen atoms in total. The standard InChI is InChI=1S/C37H52N6O3S/c1-5-39-22-24-40(25-23-39)31-13-9-7-11-29(31)35-43(21-17-37(2,3)4)34(45)32(47-35)26-33(44)41-18-15-28(16-19-41)42-20-14-27-10-6-8-12-30(27)38-36(42)46/h6-13,28,32,35H,5,14-26H2,1-4H3,(H,38,46). The number of hydrogen-bond donors (Lipinski definition) is 1. The predicted octanol–water partition coefficient (Wildman–Crippen LogP) is 5.68. The predicted molar refractivity (Wildman–Crippen MR) is 191 cm³/mol. The topological polar surface area (TPSA) is 79.4 Å². The summed E-state index contributed by atoms with van der Waals surface area (Å²) < 4.78 is 0. The molecule has 3 saturated heterocycles.